The lowest BCUT2D eigenvalue weighted by Gasteiger charge is -2.22. The van der Waals surface area contributed by atoms with Gasteiger partial charge in [-0.05, 0) is 31.6 Å². The van der Waals surface area contributed by atoms with E-state index in [0.717, 1.165) is 19.4 Å². The molecule has 15 heavy (non-hydrogen) atoms. The number of rotatable bonds is 4. The molecule has 0 spiro atoms. The molecule has 2 rings (SSSR count). The van der Waals surface area contributed by atoms with E-state index in [4.69, 9.17) is 10.5 Å². The highest BCUT2D eigenvalue weighted by atomic mass is 16.5. The monoisotopic (exact) mass is 212 g/mol. The van der Waals surface area contributed by atoms with Crippen LogP contribution in [0.4, 0.5) is 0 Å². The normalized spacial score (nSPS) is 28.5. The molecule has 4 heteroatoms. The molecule has 4 nitrogen and oxygen atoms in total. The van der Waals surface area contributed by atoms with E-state index >= 15 is 0 Å². The lowest BCUT2D eigenvalue weighted by atomic mass is 10.0. The maximum absolute atomic E-state index is 11.7. The fourth-order valence-electron chi connectivity index (χ4n) is 2.00. The van der Waals surface area contributed by atoms with Gasteiger partial charge in [-0.1, -0.05) is 0 Å². The molecule has 0 bridgehead atoms. The van der Waals surface area contributed by atoms with Crippen molar-refractivity contribution in [3.8, 4) is 0 Å². The molecule has 1 heterocycles. The van der Waals surface area contributed by atoms with Crippen molar-refractivity contribution < 1.29 is 9.53 Å². The Kier molecular flexibility index (Phi) is 3.59. The molecule has 0 radical (unpaired) electrons. The summed E-state index contributed by atoms with van der Waals surface area (Å²) in [5.41, 5.74) is 5.91. The van der Waals surface area contributed by atoms with Crippen molar-refractivity contribution in [2.45, 2.75) is 31.7 Å². The highest BCUT2D eigenvalue weighted by Crippen LogP contribution is 2.31. The number of hydrogen-bond acceptors (Lipinski definition) is 3. The third kappa shape index (κ3) is 3.18. The highest BCUT2D eigenvalue weighted by Gasteiger charge is 2.29. The number of carbonyl (C=O) groups excluding carboxylic acids is 1. The van der Waals surface area contributed by atoms with Crippen LogP contribution in [0.15, 0.2) is 0 Å². The molecular formula is C11H20N2O2. The summed E-state index contributed by atoms with van der Waals surface area (Å²) in [5, 5.41) is 2.93. The summed E-state index contributed by atoms with van der Waals surface area (Å²) < 4.78 is 5.28. The van der Waals surface area contributed by atoms with Crippen LogP contribution in [0.1, 0.15) is 25.7 Å². The average Bonchev–Trinajstić information content (AvgIpc) is 3.10. The smallest absolute Gasteiger partial charge is 0.225 e. The second-order valence-corrected chi connectivity index (χ2v) is 4.66. The van der Waals surface area contributed by atoms with Crippen LogP contribution in [0, 0.1) is 11.8 Å². The first-order valence-electron chi connectivity index (χ1n) is 5.88. The van der Waals surface area contributed by atoms with E-state index in [1.807, 2.05) is 0 Å². The van der Waals surface area contributed by atoms with Gasteiger partial charge in [0.2, 0.25) is 5.91 Å². The van der Waals surface area contributed by atoms with Crippen molar-refractivity contribution in [3.63, 3.8) is 0 Å². The molecule has 0 aromatic rings. The van der Waals surface area contributed by atoms with E-state index in [2.05, 4.69) is 5.32 Å². The molecule has 2 fully saturated rings. The van der Waals surface area contributed by atoms with Crippen LogP contribution < -0.4 is 11.1 Å². The first-order chi connectivity index (χ1) is 7.27. The predicted octanol–water partition coefficient (Wildman–Crippen LogP) is 0.266. The second-order valence-electron chi connectivity index (χ2n) is 4.66. The van der Waals surface area contributed by atoms with Gasteiger partial charge >= 0.3 is 0 Å². The minimum Gasteiger partial charge on any atom is -0.381 e. The summed E-state index contributed by atoms with van der Waals surface area (Å²) in [6.45, 7) is 2.00. The van der Waals surface area contributed by atoms with Crippen molar-refractivity contribution in [2.24, 2.45) is 17.6 Å². The van der Waals surface area contributed by atoms with Crippen LogP contribution in [0.25, 0.3) is 0 Å². The largest absolute Gasteiger partial charge is 0.381 e. The van der Waals surface area contributed by atoms with Gasteiger partial charge in [0.25, 0.3) is 0 Å². The van der Waals surface area contributed by atoms with Gasteiger partial charge in [-0.2, -0.15) is 0 Å². The lowest BCUT2D eigenvalue weighted by molar-refractivity contribution is -0.129. The van der Waals surface area contributed by atoms with Crippen molar-refractivity contribution in [1.82, 2.24) is 5.32 Å². The molecule has 86 valence electrons. The van der Waals surface area contributed by atoms with Crippen LogP contribution in [0.2, 0.25) is 0 Å². The number of ether oxygens (including phenoxy) is 1. The Hall–Kier alpha value is -0.610. The molecular weight excluding hydrogens is 192 g/mol. The van der Waals surface area contributed by atoms with E-state index in [0.29, 0.717) is 19.1 Å². The van der Waals surface area contributed by atoms with E-state index in [-0.39, 0.29) is 17.9 Å². The zero-order chi connectivity index (χ0) is 10.7. The van der Waals surface area contributed by atoms with Gasteiger partial charge in [0.05, 0.1) is 12.5 Å². The maximum atomic E-state index is 11.7. The van der Waals surface area contributed by atoms with Gasteiger partial charge in [0, 0.05) is 19.2 Å². The number of amides is 1. The van der Waals surface area contributed by atoms with E-state index in [1.54, 1.807) is 0 Å². The third-order valence-corrected chi connectivity index (χ3v) is 3.27. The number of nitrogens with one attached hydrogen (secondary N) is 1. The Bertz CT molecular complexity index is 223. The Morgan fingerprint density at radius 2 is 2.27 bits per heavy atom. The minimum atomic E-state index is 0.0464. The summed E-state index contributed by atoms with van der Waals surface area (Å²) in [6, 6.07) is 0.151. The highest BCUT2D eigenvalue weighted by molar-refractivity contribution is 5.78. The minimum absolute atomic E-state index is 0.0464. The summed E-state index contributed by atoms with van der Waals surface area (Å²) in [4.78, 5) is 11.7. The molecule has 0 aromatic carbocycles. The Morgan fingerprint density at radius 1 is 1.47 bits per heavy atom. The van der Waals surface area contributed by atoms with Crippen molar-refractivity contribution in [2.75, 3.05) is 19.8 Å². The number of hydrogen-bond donors (Lipinski definition) is 2. The Labute approximate surface area is 90.5 Å². The van der Waals surface area contributed by atoms with Gasteiger partial charge in [-0.15, -0.1) is 0 Å². The summed E-state index contributed by atoms with van der Waals surface area (Å²) in [6.07, 6.45) is 4.39. The van der Waals surface area contributed by atoms with Crippen molar-refractivity contribution in [1.29, 1.82) is 0 Å². The third-order valence-electron chi connectivity index (χ3n) is 3.27. The molecule has 2 aliphatic rings. The zero-order valence-electron chi connectivity index (χ0n) is 9.08. The van der Waals surface area contributed by atoms with Crippen LogP contribution in [-0.2, 0) is 9.53 Å². The van der Waals surface area contributed by atoms with Crippen LogP contribution >= 0.6 is 0 Å². The molecule has 1 aliphatic heterocycles. The standard InChI is InChI=1S/C11H20N2O2/c12-10(8-3-4-8)6-13-11(14)9-2-1-5-15-7-9/h8-10H,1-7,12H2,(H,13,14). The summed E-state index contributed by atoms with van der Waals surface area (Å²) in [7, 11) is 0. The van der Waals surface area contributed by atoms with Crippen molar-refractivity contribution >= 4 is 5.91 Å². The SMILES string of the molecule is NC(CNC(=O)C1CCCOC1)C1CC1. The summed E-state index contributed by atoms with van der Waals surface area (Å²) >= 11 is 0. The molecule has 2 unspecified atom stereocenters. The number of nitrogens with two attached hydrogens (primary N) is 1. The van der Waals surface area contributed by atoms with Gasteiger partial charge in [0.1, 0.15) is 0 Å². The first-order valence-corrected chi connectivity index (χ1v) is 5.88. The maximum Gasteiger partial charge on any atom is 0.225 e. The van der Waals surface area contributed by atoms with E-state index < -0.39 is 0 Å². The zero-order valence-corrected chi connectivity index (χ0v) is 9.08. The Morgan fingerprint density at radius 3 is 2.87 bits per heavy atom. The van der Waals surface area contributed by atoms with Crippen LogP contribution in [-0.4, -0.2) is 31.7 Å². The average molecular weight is 212 g/mol. The van der Waals surface area contributed by atoms with Gasteiger partial charge < -0.3 is 15.8 Å². The quantitative estimate of drug-likeness (QED) is 0.703. The molecule has 1 saturated carbocycles. The lowest BCUT2D eigenvalue weighted by Crippen LogP contribution is -2.42. The predicted molar refractivity (Wildman–Crippen MR) is 57.3 cm³/mol. The van der Waals surface area contributed by atoms with Crippen LogP contribution in [0.3, 0.4) is 0 Å². The fourth-order valence-corrected chi connectivity index (χ4v) is 2.00. The van der Waals surface area contributed by atoms with Gasteiger partial charge in [-0.25, -0.2) is 0 Å². The summed E-state index contributed by atoms with van der Waals surface area (Å²) in [5.74, 6) is 0.809. The van der Waals surface area contributed by atoms with Crippen LogP contribution in [0.5, 0.6) is 0 Å². The van der Waals surface area contributed by atoms with Gasteiger partial charge in [0.15, 0.2) is 0 Å². The number of carbonyl (C=O) groups is 1. The topological polar surface area (TPSA) is 64.3 Å². The first kappa shape index (κ1) is 10.9. The second kappa shape index (κ2) is 4.94. The van der Waals surface area contributed by atoms with E-state index in [1.165, 1.54) is 12.8 Å². The van der Waals surface area contributed by atoms with Gasteiger partial charge in [-0.3, -0.25) is 4.79 Å². The fraction of sp³-hybridized carbons (Fsp3) is 0.909. The Balaban J connectivity index is 1.66. The van der Waals surface area contributed by atoms with Crippen molar-refractivity contribution in [3.05, 3.63) is 0 Å². The van der Waals surface area contributed by atoms with E-state index in [9.17, 15) is 4.79 Å². The molecule has 0 aromatic heterocycles. The molecule has 1 aliphatic carbocycles. The molecule has 2 atom stereocenters. The molecule has 1 saturated heterocycles. The molecule has 3 N–H and O–H groups in total. The molecule has 1 amide bonds.